The summed E-state index contributed by atoms with van der Waals surface area (Å²) in [6.45, 7) is 0.475. The largest absolute Gasteiger partial charge is 0.493 e. The summed E-state index contributed by atoms with van der Waals surface area (Å²) < 4.78 is 11.1. The second kappa shape index (κ2) is 6.72. The zero-order chi connectivity index (χ0) is 15.2. The molecule has 0 bridgehead atoms. The lowest BCUT2D eigenvalue weighted by molar-refractivity contribution is 0.112. The Kier molecular flexibility index (Phi) is 4.30. The number of rotatable bonds is 6. The van der Waals surface area contributed by atoms with E-state index in [2.05, 4.69) is 4.98 Å². The zero-order valence-corrected chi connectivity index (χ0v) is 11.9. The van der Waals surface area contributed by atoms with Crippen molar-refractivity contribution in [1.82, 2.24) is 4.98 Å². The zero-order valence-electron chi connectivity index (χ0n) is 11.9. The molecule has 0 aliphatic heterocycles. The van der Waals surface area contributed by atoms with Crippen molar-refractivity contribution in [3.8, 4) is 17.2 Å². The van der Waals surface area contributed by atoms with Crippen LogP contribution in [0.2, 0.25) is 0 Å². The van der Waals surface area contributed by atoms with E-state index in [0.717, 1.165) is 17.5 Å². The molecule has 4 nitrogen and oxygen atoms in total. The fourth-order valence-corrected chi connectivity index (χ4v) is 2.09. The van der Waals surface area contributed by atoms with Gasteiger partial charge in [-0.05, 0) is 24.3 Å². The number of aldehydes is 1. The number of ether oxygens (including phenoxy) is 1. The number of hydrogen-bond acceptors (Lipinski definition) is 4. The van der Waals surface area contributed by atoms with Crippen molar-refractivity contribution in [2.75, 3.05) is 6.61 Å². The number of aromatic nitrogens is 1. The van der Waals surface area contributed by atoms with E-state index in [-0.39, 0.29) is 0 Å². The van der Waals surface area contributed by atoms with Crippen LogP contribution >= 0.6 is 0 Å². The highest BCUT2D eigenvalue weighted by Gasteiger charge is 2.06. The van der Waals surface area contributed by atoms with E-state index in [0.29, 0.717) is 30.2 Å². The molecule has 22 heavy (non-hydrogen) atoms. The van der Waals surface area contributed by atoms with Gasteiger partial charge in [-0.1, -0.05) is 30.3 Å². The first kappa shape index (κ1) is 14.1. The Bertz CT molecular complexity index is 750. The Morgan fingerprint density at radius 1 is 1.09 bits per heavy atom. The van der Waals surface area contributed by atoms with Gasteiger partial charge in [0.15, 0.2) is 0 Å². The van der Waals surface area contributed by atoms with Crippen LogP contribution in [0.1, 0.15) is 16.1 Å². The highest BCUT2D eigenvalue weighted by molar-refractivity contribution is 5.75. The molecule has 0 saturated carbocycles. The van der Waals surface area contributed by atoms with Crippen molar-refractivity contribution in [2.24, 2.45) is 0 Å². The lowest BCUT2D eigenvalue weighted by atomic mass is 10.2. The number of carbonyl (C=O) groups is 1. The monoisotopic (exact) mass is 293 g/mol. The van der Waals surface area contributed by atoms with Gasteiger partial charge in [0, 0.05) is 17.5 Å². The molecule has 0 saturated heterocycles. The first-order valence-corrected chi connectivity index (χ1v) is 7.03. The molecule has 3 aromatic rings. The molecule has 0 unspecified atom stereocenters. The number of carbonyl (C=O) groups excluding carboxylic acids is 1. The first-order chi connectivity index (χ1) is 10.8. The van der Waals surface area contributed by atoms with E-state index < -0.39 is 0 Å². The maximum Gasteiger partial charge on any atom is 0.226 e. The third kappa shape index (κ3) is 3.41. The fraction of sp³-hybridized carbons (Fsp3) is 0.111. The number of hydrogen-bond donors (Lipinski definition) is 0. The Morgan fingerprint density at radius 3 is 2.77 bits per heavy atom. The summed E-state index contributed by atoms with van der Waals surface area (Å²) in [5.41, 5.74) is 2.39. The third-order valence-electron chi connectivity index (χ3n) is 3.19. The van der Waals surface area contributed by atoms with Crippen molar-refractivity contribution in [3.63, 3.8) is 0 Å². The highest BCUT2D eigenvalue weighted by atomic mass is 16.5. The highest BCUT2D eigenvalue weighted by Crippen LogP contribution is 2.18. The molecule has 0 aliphatic carbocycles. The van der Waals surface area contributed by atoms with Gasteiger partial charge in [0.25, 0.3) is 0 Å². The lowest BCUT2D eigenvalue weighted by Crippen LogP contribution is -2.01. The molecule has 0 radical (unpaired) electrons. The summed E-state index contributed by atoms with van der Waals surface area (Å²) in [6, 6.07) is 16.8. The van der Waals surface area contributed by atoms with Crippen LogP contribution in [-0.2, 0) is 6.42 Å². The minimum Gasteiger partial charge on any atom is -0.493 e. The van der Waals surface area contributed by atoms with E-state index in [1.165, 1.54) is 0 Å². The van der Waals surface area contributed by atoms with Crippen LogP contribution in [0, 0.1) is 0 Å². The Morgan fingerprint density at radius 2 is 1.95 bits per heavy atom. The van der Waals surface area contributed by atoms with Crippen LogP contribution in [0.4, 0.5) is 0 Å². The third-order valence-corrected chi connectivity index (χ3v) is 3.19. The second-order valence-electron chi connectivity index (χ2n) is 4.80. The maximum atomic E-state index is 10.7. The summed E-state index contributed by atoms with van der Waals surface area (Å²) in [5, 5.41) is 0. The molecule has 3 rings (SSSR count). The molecule has 1 heterocycles. The van der Waals surface area contributed by atoms with Crippen LogP contribution < -0.4 is 4.74 Å². The summed E-state index contributed by atoms with van der Waals surface area (Å²) in [6.07, 6.45) is 3.09. The predicted octanol–water partition coefficient (Wildman–Crippen LogP) is 3.78. The average molecular weight is 293 g/mol. The van der Waals surface area contributed by atoms with Gasteiger partial charge in [0.2, 0.25) is 5.89 Å². The maximum absolute atomic E-state index is 10.7. The van der Waals surface area contributed by atoms with Crippen LogP contribution in [-0.4, -0.2) is 17.9 Å². The minimum atomic E-state index is 0.475. The molecule has 0 aliphatic rings. The van der Waals surface area contributed by atoms with Gasteiger partial charge < -0.3 is 9.15 Å². The van der Waals surface area contributed by atoms with Crippen LogP contribution in [0.25, 0.3) is 11.5 Å². The number of oxazole rings is 1. The second-order valence-corrected chi connectivity index (χ2v) is 4.80. The number of benzene rings is 2. The Hall–Kier alpha value is -2.88. The fourth-order valence-electron chi connectivity index (χ4n) is 2.09. The molecular weight excluding hydrogens is 278 g/mol. The normalized spacial score (nSPS) is 10.4. The van der Waals surface area contributed by atoms with Crippen molar-refractivity contribution >= 4 is 6.29 Å². The Balaban J connectivity index is 1.58. The SMILES string of the molecule is O=Cc1cccc(OCCc2coc(-c3ccccc3)n2)c1. The molecule has 1 aromatic heterocycles. The summed E-state index contributed by atoms with van der Waals surface area (Å²) in [7, 11) is 0. The van der Waals surface area contributed by atoms with Gasteiger partial charge in [0.1, 0.15) is 18.3 Å². The van der Waals surface area contributed by atoms with Gasteiger partial charge in [-0.3, -0.25) is 4.79 Å². The molecule has 0 N–H and O–H groups in total. The van der Waals surface area contributed by atoms with Gasteiger partial charge >= 0.3 is 0 Å². The van der Waals surface area contributed by atoms with E-state index in [4.69, 9.17) is 9.15 Å². The predicted molar refractivity (Wildman–Crippen MR) is 83.0 cm³/mol. The average Bonchev–Trinajstić information content (AvgIpc) is 3.05. The van der Waals surface area contributed by atoms with E-state index in [1.807, 2.05) is 36.4 Å². The van der Waals surface area contributed by atoms with Gasteiger partial charge in [-0.2, -0.15) is 0 Å². The molecule has 0 amide bonds. The van der Waals surface area contributed by atoms with Gasteiger partial charge in [-0.15, -0.1) is 0 Å². The van der Waals surface area contributed by atoms with Crippen molar-refractivity contribution in [3.05, 3.63) is 72.1 Å². The van der Waals surface area contributed by atoms with E-state index in [1.54, 1.807) is 24.5 Å². The molecular formula is C18H15NO3. The summed E-state index contributed by atoms with van der Waals surface area (Å²) >= 11 is 0. The van der Waals surface area contributed by atoms with Crippen LogP contribution in [0.5, 0.6) is 5.75 Å². The number of nitrogens with zero attached hydrogens (tertiary/aromatic N) is 1. The summed E-state index contributed by atoms with van der Waals surface area (Å²) in [5.74, 6) is 1.29. The lowest BCUT2D eigenvalue weighted by Gasteiger charge is -2.04. The molecule has 2 aromatic carbocycles. The van der Waals surface area contributed by atoms with Crippen LogP contribution in [0.15, 0.2) is 65.3 Å². The first-order valence-electron chi connectivity index (χ1n) is 7.03. The molecule has 0 spiro atoms. The molecule has 4 heteroatoms. The molecule has 110 valence electrons. The van der Waals surface area contributed by atoms with Crippen molar-refractivity contribution < 1.29 is 13.9 Å². The summed E-state index contributed by atoms with van der Waals surface area (Å²) in [4.78, 5) is 15.2. The quantitative estimate of drug-likeness (QED) is 0.649. The van der Waals surface area contributed by atoms with Gasteiger partial charge in [0.05, 0.1) is 12.3 Å². The van der Waals surface area contributed by atoms with E-state index in [9.17, 15) is 4.79 Å². The van der Waals surface area contributed by atoms with Gasteiger partial charge in [-0.25, -0.2) is 4.98 Å². The van der Waals surface area contributed by atoms with Crippen LogP contribution in [0.3, 0.4) is 0 Å². The van der Waals surface area contributed by atoms with E-state index >= 15 is 0 Å². The standard InChI is InChI=1S/C18H15NO3/c20-12-14-5-4-8-17(11-14)21-10-9-16-13-22-18(19-16)15-6-2-1-3-7-15/h1-8,11-13H,9-10H2. The Labute approximate surface area is 128 Å². The minimum absolute atomic E-state index is 0.475. The molecule has 0 atom stereocenters. The van der Waals surface area contributed by atoms with Crippen molar-refractivity contribution in [1.29, 1.82) is 0 Å². The molecule has 0 fully saturated rings. The van der Waals surface area contributed by atoms with Crippen molar-refractivity contribution in [2.45, 2.75) is 6.42 Å². The smallest absolute Gasteiger partial charge is 0.226 e. The topological polar surface area (TPSA) is 52.3 Å².